The van der Waals surface area contributed by atoms with Crippen molar-refractivity contribution in [1.29, 1.82) is 0 Å². The highest BCUT2D eigenvalue weighted by Gasteiger charge is 2.11. The van der Waals surface area contributed by atoms with Crippen LogP contribution in [0.5, 0.6) is 11.5 Å². The van der Waals surface area contributed by atoms with Crippen LogP contribution in [0.2, 0.25) is 0 Å². The van der Waals surface area contributed by atoms with Crippen molar-refractivity contribution in [1.82, 2.24) is 9.97 Å². The standard InChI is InChI=1S/C15H16N2O5/c1-3-22-12-6-9(4-5-11(12)21-2)14-16-8-10(7-13(18)19)15(20)17-14/h4-6,8H,3,7H2,1-2H3,(H,18,19)(H,16,17,20). The zero-order valence-corrected chi connectivity index (χ0v) is 12.3. The smallest absolute Gasteiger partial charge is 0.308 e. The number of nitrogens with zero attached hydrogens (tertiary/aromatic N) is 1. The molecule has 2 rings (SSSR count). The Morgan fingerprint density at radius 2 is 2.14 bits per heavy atom. The van der Waals surface area contributed by atoms with Gasteiger partial charge in [0.1, 0.15) is 5.82 Å². The van der Waals surface area contributed by atoms with E-state index < -0.39 is 11.5 Å². The van der Waals surface area contributed by atoms with Crippen LogP contribution in [0.25, 0.3) is 11.4 Å². The molecule has 0 radical (unpaired) electrons. The highest BCUT2D eigenvalue weighted by molar-refractivity contribution is 5.70. The molecule has 0 aliphatic heterocycles. The Bertz CT molecular complexity index is 739. The number of aromatic nitrogens is 2. The van der Waals surface area contributed by atoms with Gasteiger partial charge in [-0.3, -0.25) is 9.59 Å². The van der Waals surface area contributed by atoms with E-state index in [1.165, 1.54) is 6.20 Å². The normalized spacial score (nSPS) is 10.3. The predicted octanol–water partition coefficient (Wildman–Crippen LogP) is 1.47. The summed E-state index contributed by atoms with van der Waals surface area (Å²) in [5.41, 5.74) is 0.277. The molecule has 0 spiro atoms. The average Bonchev–Trinajstić information content (AvgIpc) is 2.49. The quantitative estimate of drug-likeness (QED) is 0.838. The van der Waals surface area contributed by atoms with Crippen molar-refractivity contribution in [2.24, 2.45) is 0 Å². The highest BCUT2D eigenvalue weighted by atomic mass is 16.5. The van der Waals surface area contributed by atoms with E-state index in [0.29, 0.717) is 29.5 Å². The number of carboxylic acid groups (broad SMARTS) is 1. The topological polar surface area (TPSA) is 102 Å². The lowest BCUT2D eigenvalue weighted by Gasteiger charge is -2.10. The highest BCUT2D eigenvalue weighted by Crippen LogP contribution is 2.31. The third-order valence-electron chi connectivity index (χ3n) is 2.95. The molecular weight excluding hydrogens is 288 g/mol. The summed E-state index contributed by atoms with van der Waals surface area (Å²) in [5, 5.41) is 8.72. The van der Waals surface area contributed by atoms with E-state index in [2.05, 4.69) is 9.97 Å². The molecule has 0 saturated heterocycles. The van der Waals surface area contributed by atoms with Gasteiger partial charge in [-0.2, -0.15) is 0 Å². The number of H-pyrrole nitrogens is 1. The number of nitrogens with one attached hydrogen (secondary N) is 1. The molecule has 1 aromatic heterocycles. The first-order chi connectivity index (χ1) is 10.5. The number of aromatic amines is 1. The van der Waals surface area contributed by atoms with Crippen molar-refractivity contribution in [2.45, 2.75) is 13.3 Å². The Hall–Kier alpha value is -2.83. The molecule has 0 fully saturated rings. The van der Waals surface area contributed by atoms with E-state index in [4.69, 9.17) is 14.6 Å². The maximum Gasteiger partial charge on any atom is 0.308 e. The fourth-order valence-electron chi connectivity index (χ4n) is 1.95. The van der Waals surface area contributed by atoms with E-state index in [1.54, 1.807) is 25.3 Å². The minimum atomic E-state index is -1.08. The molecule has 22 heavy (non-hydrogen) atoms. The van der Waals surface area contributed by atoms with E-state index in [-0.39, 0.29) is 12.0 Å². The third-order valence-corrected chi connectivity index (χ3v) is 2.95. The van der Waals surface area contributed by atoms with Gasteiger partial charge in [0, 0.05) is 17.3 Å². The number of carboxylic acids is 1. The Morgan fingerprint density at radius 1 is 1.36 bits per heavy atom. The SMILES string of the molecule is CCOc1cc(-c2ncc(CC(=O)O)c(=O)[nH]2)ccc1OC. The zero-order chi connectivity index (χ0) is 16.1. The molecule has 0 unspecified atom stereocenters. The zero-order valence-electron chi connectivity index (χ0n) is 12.3. The van der Waals surface area contributed by atoms with Gasteiger partial charge in [0.15, 0.2) is 11.5 Å². The van der Waals surface area contributed by atoms with Crippen molar-refractivity contribution in [3.8, 4) is 22.9 Å². The first kappa shape index (κ1) is 15.6. The second-order valence-corrected chi connectivity index (χ2v) is 4.46. The lowest BCUT2D eigenvalue weighted by Crippen LogP contribution is -2.17. The van der Waals surface area contributed by atoms with Crippen molar-refractivity contribution in [2.75, 3.05) is 13.7 Å². The fourth-order valence-corrected chi connectivity index (χ4v) is 1.95. The average molecular weight is 304 g/mol. The minimum absolute atomic E-state index is 0.106. The molecule has 2 aromatic rings. The number of methoxy groups -OCH3 is 1. The molecular formula is C15H16N2O5. The van der Waals surface area contributed by atoms with Crippen LogP contribution in [0, 0.1) is 0 Å². The first-order valence-electron chi connectivity index (χ1n) is 6.66. The summed E-state index contributed by atoms with van der Waals surface area (Å²) in [5.74, 6) is 0.376. The number of carbonyl (C=O) groups is 1. The number of benzene rings is 1. The van der Waals surface area contributed by atoms with Gasteiger partial charge < -0.3 is 19.6 Å². The van der Waals surface area contributed by atoms with Crippen molar-refractivity contribution >= 4 is 5.97 Å². The van der Waals surface area contributed by atoms with Crippen LogP contribution < -0.4 is 15.0 Å². The number of aliphatic carboxylic acids is 1. The van der Waals surface area contributed by atoms with Gasteiger partial charge in [-0.05, 0) is 25.1 Å². The van der Waals surface area contributed by atoms with Crippen LogP contribution in [-0.2, 0) is 11.2 Å². The van der Waals surface area contributed by atoms with Crippen LogP contribution in [0.15, 0.2) is 29.2 Å². The molecule has 0 bridgehead atoms. The molecule has 2 N–H and O–H groups in total. The van der Waals surface area contributed by atoms with Gasteiger partial charge >= 0.3 is 5.97 Å². The number of hydrogen-bond donors (Lipinski definition) is 2. The second kappa shape index (κ2) is 6.75. The second-order valence-electron chi connectivity index (χ2n) is 4.46. The molecule has 0 atom stereocenters. The molecule has 116 valence electrons. The van der Waals surface area contributed by atoms with Gasteiger partial charge in [0.05, 0.1) is 20.1 Å². The summed E-state index contributed by atoms with van der Waals surface area (Å²) >= 11 is 0. The number of ether oxygens (including phenoxy) is 2. The van der Waals surface area contributed by atoms with Crippen LogP contribution in [0.4, 0.5) is 0 Å². The summed E-state index contributed by atoms with van der Waals surface area (Å²) in [6.45, 7) is 2.33. The summed E-state index contributed by atoms with van der Waals surface area (Å²) in [6.07, 6.45) is 0.905. The molecule has 7 nitrogen and oxygen atoms in total. The van der Waals surface area contributed by atoms with E-state index in [9.17, 15) is 9.59 Å². The molecule has 0 saturated carbocycles. The van der Waals surface area contributed by atoms with E-state index in [0.717, 1.165) is 0 Å². The minimum Gasteiger partial charge on any atom is -0.493 e. The molecule has 7 heteroatoms. The lowest BCUT2D eigenvalue weighted by molar-refractivity contribution is -0.136. The van der Waals surface area contributed by atoms with Gasteiger partial charge in [-0.1, -0.05) is 0 Å². The van der Waals surface area contributed by atoms with E-state index >= 15 is 0 Å². The van der Waals surface area contributed by atoms with Crippen molar-refractivity contribution < 1.29 is 19.4 Å². The monoisotopic (exact) mass is 304 g/mol. The van der Waals surface area contributed by atoms with Crippen molar-refractivity contribution in [3.63, 3.8) is 0 Å². The van der Waals surface area contributed by atoms with Gasteiger partial charge in [-0.25, -0.2) is 4.98 Å². The Kier molecular flexibility index (Phi) is 4.77. The Balaban J connectivity index is 2.39. The number of rotatable bonds is 6. The lowest BCUT2D eigenvalue weighted by atomic mass is 10.1. The van der Waals surface area contributed by atoms with Gasteiger partial charge in [0.2, 0.25) is 0 Å². The molecule has 0 aliphatic rings. The van der Waals surface area contributed by atoms with Crippen LogP contribution in [0.1, 0.15) is 12.5 Å². The van der Waals surface area contributed by atoms with Crippen molar-refractivity contribution in [3.05, 3.63) is 40.3 Å². The first-order valence-corrected chi connectivity index (χ1v) is 6.66. The van der Waals surface area contributed by atoms with Crippen LogP contribution in [-0.4, -0.2) is 34.8 Å². The van der Waals surface area contributed by atoms with E-state index in [1.807, 2.05) is 6.92 Å². The summed E-state index contributed by atoms with van der Waals surface area (Å²) in [6, 6.07) is 5.15. The maximum atomic E-state index is 11.9. The summed E-state index contributed by atoms with van der Waals surface area (Å²) < 4.78 is 10.7. The predicted molar refractivity (Wildman–Crippen MR) is 79.4 cm³/mol. The summed E-state index contributed by atoms with van der Waals surface area (Å²) in [4.78, 5) is 29.2. The fraction of sp³-hybridized carbons (Fsp3) is 0.267. The molecule has 0 aliphatic carbocycles. The Morgan fingerprint density at radius 3 is 2.73 bits per heavy atom. The molecule has 1 heterocycles. The van der Waals surface area contributed by atoms with Crippen LogP contribution in [0.3, 0.4) is 0 Å². The Labute approximate surface area is 126 Å². The largest absolute Gasteiger partial charge is 0.493 e. The van der Waals surface area contributed by atoms with Gasteiger partial charge in [0.25, 0.3) is 5.56 Å². The van der Waals surface area contributed by atoms with Gasteiger partial charge in [-0.15, -0.1) is 0 Å². The molecule has 0 amide bonds. The number of hydrogen-bond acceptors (Lipinski definition) is 5. The maximum absolute atomic E-state index is 11.9. The molecule has 1 aromatic carbocycles. The van der Waals surface area contributed by atoms with Crippen LogP contribution >= 0.6 is 0 Å². The summed E-state index contributed by atoms with van der Waals surface area (Å²) in [7, 11) is 1.54. The third kappa shape index (κ3) is 3.43.